The first-order valence-corrected chi connectivity index (χ1v) is 5.36. The number of nitrogens with zero attached hydrogens (tertiary/aromatic N) is 2. The summed E-state index contributed by atoms with van der Waals surface area (Å²) in [6.45, 7) is 5.56. The lowest BCUT2D eigenvalue weighted by Crippen LogP contribution is -2.40. The summed E-state index contributed by atoms with van der Waals surface area (Å²) in [7, 11) is 0. The van der Waals surface area contributed by atoms with Crippen LogP contribution in [-0.4, -0.2) is 34.9 Å². The summed E-state index contributed by atoms with van der Waals surface area (Å²) in [5.74, 6) is 0.0817. The summed E-state index contributed by atoms with van der Waals surface area (Å²) in [6.07, 6.45) is 1.61. The molecule has 2 atom stereocenters. The van der Waals surface area contributed by atoms with E-state index in [0.717, 1.165) is 19.5 Å². The minimum Gasteiger partial charge on any atom is -0.409 e. The molecule has 1 fully saturated rings. The highest BCUT2D eigenvalue weighted by molar-refractivity contribution is 6.02. The predicted molar refractivity (Wildman–Crippen MR) is 57.6 cm³/mol. The number of likely N-dealkylation sites (tertiary alicyclic amines) is 1. The molecule has 5 heteroatoms. The number of hydrogen-bond donors (Lipinski definition) is 2. The fourth-order valence-corrected chi connectivity index (χ4v) is 1.94. The summed E-state index contributed by atoms with van der Waals surface area (Å²) in [5, 5.41) is 11.5. The molecule has 1 aliphatic rings. The fourth-order valence-electron chi connectivity index (χ4n) is 1.94. The van der Waals surface area contributed by atoms with Gasteiger partial charge in [0.25, 0.3) is 0 Å². The number of amidine groups is 1. The molecule has 0 aromatic carbocycles. The smallest absolute Gasteiger partial charge is 0.233 e. The summed E-state index contributed by atoms with van der Waals surface area (Å²) < 4.78 is 0. The van der Waals surface area contributed by atoms with E-state index >= 15 is 0 Å². The summed E-state index contributed by atoms with van der Waals surface area (Å²) in [4.78, 5) is 13.8. The molecule has 1 saturated heterocycles. The number of nitrogens with two attached hydrogens (primary N) is 1. The van der Waals surface area contributed by atoms with Crippen LogP contribution >= 0.6 is 0 Å². The van der Waals surface area contributed by atoms with Crippen LogP contribution in [0.15, 0.2) is 5.16 Å². The Balaban J connectivity index is 2.65. The first-order valence-electron chi connectivity index (χ1n) is 5.36. The number of carbonyl (C=O) groups is 1. The molecule has 86 valence electrons. The van der Waals surface area contributed by atoms with Crippen molar-refractivity contribution in [3.8, 4) is 0 Å². The maximum absolute atomic E-state index is 12.0. The average Bonchev–Trinajstić information content (AvgIpc) is 2.65. The second kappa shape index (κ2) is 5.00. The van der Waals surface area contributed by atoms with E-state index in [9.17, 15) is 4.79 Å². The van der Waals surface area contributed by atoms with Crippen molar-refractivity contribution in [2.75, 3.05) is 13.1 Å². The Kier molecular flexibility index (Phi) is 3.94. The van der Waals surface area contributed by atoms with E-state index in [1.54, 1.807) is 4.90 Å². The van der Waals surface area contributed by atoms with Crippen LogP contribution in [0.3, 0.4) is 0 Å². The summed E-state index contributed by atoms with van der Waals surface area (Å²) in [6, 6.07) is 0. The van der Waals surface area contributed by atoms with Gasteiger partial charge in [0.15, 0.2) is 5.84 Å². The SMILES string of the molecule is CCC(C(=O)N1CCC(C)C1)C(N)=NO. The van der Waals surface area contributed by atoms with E-state index in [1.807, 2.05) is 6.92 Å². The lowest BCUT2D eigenvalue weighted by molar-refractivity contribution is -0.132. The third kappa shape index (κ3) is 2.61. The molecule has 5 nitrogen and oxygen atoms in total. The van der Waals surface area contributed by atoms with Crippen molar-refractivity contribution < 1.29 is 10.0 Å². The zero-order valence-corrected chi connectivity index (χ0v) is 9.31. The molecule has 1 aliphatic heterocycles. The van der Waals surface area contributed by atoms with E-state index < -0.39 is 5.92 Å². The van der Waals surface area contributed by atoms with Crippen LogP contribution in [0, 0.1) is 11.8 Å². The van der Waals surface area contributed by atoms with Gasteiger partial charge in [-0.15, -0.1) is 0 Å². The fraction of sp³-hybridized carbons (Fsp3) is 0.800. The van der Waals surface area contributed by atoms with Crippen molar-refractivity contribution in [2.24, 2.45) is 22.7 Å². The molecule has 1 amide bonds. The molecule has 0 aromatic heterocycles. The first kappa shape index (κ1) is 11.8. The van der Waals surface area contributed by atoms with Gasteiger partial charge in [0.05, 0.1) is 5.92 Å². The molecule has 1 heterocycles. The van der Waals surface area contributed by atoms with Crippen LogP contribution < -0.4 is 5.73 Å². The van der Waals surface area contributed by atoms with Gasteiger partial charge in [-0.05, 0) is 18.8 Å². The topological polar surface area (TPSA) is 78.9 Å². The molecule has 15 heavy (non-hydrogen) atoms. The molecular formula is C10H19N3O2. The second-order valence-electron chi connectivity index (χ2n) is 4.16. The Labute approximate surface area is 89.9 Å². The highest BCUT2D eigenvalue weighted by Crippen LogP contribution is 2.18. The van der Waals surface area contributed by atoms with E-state index in [1.165, 1.54) is 0 Å². The minimum absolute atomic E-state index is 0.0158. The number of oxime groups is 1. The lowest BCUT2D eigenvalue weighted by atomic mass is 10.0. The van der Waals surface area contributed by atoms with Crippen molar-refractivity contribution in [1.29, 1.82) is 0 Å². The van der Waals surface area contributed by atoms with Crippen LogP contribution in [0.5, 0.6) is 0 Å². The van der Waals surface area contributed by atoms with E-state index in [-0.39, 0.29) is 11.7 Å². The third-order valence-electron chi connectivity index (χ3n) is 2.91. The minimum atomic E-state index is -0.472. The predicted octanol–water partition coefficient (Wildman–Crippen LogP) is 0.627. The van der Waals surface area contributed by atoms with Crippen LogP contribution in [0.1, 0.15) is 26.7 Å². The molecule has 0 saturated carbocycles. The Morgan fingerprint density at radius 1 is 1.73 bits per heavy atom. The highest BCUT2D eigenvalue weighted by atomic mass is 16.4. The van der Waals surface area contributed by atoms with Gasteiger partial charge in [-0.3, -0.25) is 4.79 Å². The van der Waals surface area contributed by atoms with Crippen molar-refractivity contribution in [3.63, 3.8) is 0 Å². The van der Waals surface area contributed by atoms with Gasteiger partial charge in [0, 0.05) is 13.1 Å². The van der Waals surface area contributed by atoms with Gasteiger partial charge in [-0.2, -0.15) is 0 Å². The van der Waals surface area contributed by atoms with Crippen molar-refractivity contribution in [1.82, 2.24) is 4.90 Å². The van der Waals surface area contributed by atoms with Crippen LogP contribution in [0.2, 0.25) is 0 Å². The zero-order chi connectivity index (χ0) is 11.4. The number of rotatable bonds is 3. The zero-order valence-electron chi connectivity index (χ0n) is 9.31. The van der Waals surface area contributed by atoms with Gasteiger partial charge in [0.1, 0.15) is 0 Å². The lowest BCUT2D eigenvalue weighted by Gasteiger charge is -2.21. The molecule has 1 rings (SSSR count). The molecule has 2 unspecified atom stereocenters. The van der Waals surface area contributed by atoms with E-state index in [0.29, 0.717) is 12.3 Å². The summed E-state index contributed by atoms with van der Waals surface area (Å²) in [5.41, 5.74) is 5.48. The Morgan fingerprint density at radius 2 is 2.40 bits per heavy atom. The third-order valence-corrected chi connectivity index (χ3v) is 2.91. The van der Waals surface area contributed by atoms with Gasteiger partial charge in [0.2, 0.25) is 5.91 Å². The maximum Gasteiger partial charge on any atom is 0.233 e. The van der Waals surface area contributed by atoms with Crippen LogP contribution in [-0.2, 0) is 4.79 Å². The molecule has 0 aliphatic carbocycles. The molecule has 0 spiro atoms. The van der Waals surface area contributed by atoms with Gasteiger partial charge in [-0.25, -0.2) is 0 Å². The average molecular weight is 213 g/mol. The molecule has 0 bridgehead atoms. The van der Waals surface area contributed by atoms with E-state index in [4.69, 9.17) is 10.9 Å². The maximum atomic E-state index is 12.0. The van der Waals surface area contributed by atoms with E-state index in [2.05, 4.69) is 12.1 Å². The first-order chi connectivity index (χ1) is 7.10. The Hall–Kier alpha value is -1.26. The number of carbonyl (C=O) groups excluding carboxylic acids is 1. The van der Waals surface area contributed by atoms with Crippen LogP contribution in [0.4, 0.5) is 0 Å². The normalized spacial score (nSPS) is 24.3. The largest absolute Gasteiger partial charge is 0.409 e. The molecule has 3 N–H and O–H groups in total. The number of amides is 1. The Bertz CT molecular complexity index is 265. The van der Waals surface area contributed by atoms with Crippen LogP contribution in [0.25, 0.3) is 0 Å². The molecule has 0 aromatic rings. The Morgan fingerprint density at radius 3 is 2.80 bits per heavy atom. The van der Waals surface area contributed by atoms with Gasteiger partial charge in [-0.1, -0.05) is 19.0 Å². The van der Waals surface area contributed by atoms with Crippen molar-refractivity contribution >= 4 is 11.7 Å². The standard InChI is InChI=1S/C10H19N3O2/c1-3-8(9(11)12-15)10(14)13-5-4-7(2)6-13/h7-8,15H,3-6H2,1-2H3,(H2,11,12). The molecule has 0 radical (unpaired) electrons. The van der Waals surface area contributed by atoms with Crippen molar-refractivity contribution in [2.45, 2.75) is 26.7 Å². The molecular weight excluding hydrogens is 194 g/mol. The van der Waals surface area contributed by atoms with Gasteiger partial charge >= 0.3 is 0 Å². The monoisotopic (exact) mass is 213 g/mol. The highest BCUT2D eigenvalue weighted by Gasteiger charge is 2.30. The van der Waals surface area contributed by atoms with Gasteiger partial charge < -0.3 is 15.8 Å². The summed E-state index contributed by atoms with van der Waals surface area (Å²) >= 11 is 0. The second-order valence-corrected chi connectivity index (χ2v) is 4.16. The van der Waals surface area contributed by atoms with Crippen molar-refractivity contribution in [3.05, 3.63) is 0 Å². The quantitative estimate of drug-likeness (QED) is 0.312. The number of hydrogen-bond acceptors (Lipinski definition) is 3.